The lowest BCUT2D eigenvalue weighted by Gasteiger charge is -2.36. The van der Waals surface area contributed by atoms with Gasteiger partial charge < -0.3 is 15.2 Å². The van der Waals surface area contributed by atoms with Crippen LogP contribution in [0.3, 0.4) is 0 Å². The number of likely N-dealkylation sites (tertiary alicyclic amines) is 1. The molecular weight excluding hydrogens is 292 g/mol. The highest BCUT2D eigenvalue weighted by molar-refractivity contribution is 5.86. The van der Waals surface area contributed by atoms with E-state index in [-0.39, 0.29) is 24.2 Å². The van der Waals surface area contributed by atoms with Crippen LogP contribution in [0.1, 0.15) is 57.2 Å². The summed E-state index contributed by atoms with van der Waals surface area (Å²) < 4.78 is 5.22. The van der Waals surface area contributed by atoms with Crippen molar-refractivity contribution in [1.82, 2.24) is 15.0 Å². The van der Waals surface area contributed by atoms with E-state index in [0.717, 1.165) is 19.3 Å². The Bertz CT molecular complexity index is 467. The van der Waals surface area contributed by atoms with Crippen molar-refractivity contribution in [2.24, 2.45) is 5.73 Å². The summed E-state index contributed by atoms with van der Waals surface area (Å²) in [7, 11) is 0. The van der Waals surface area contributed by atoms with Crippen molar-refractivity contribution in [3.05, 3.63) is 11.7 Å². The van der Waals surface area contributed by atoms with Gasteiger partial charge in [0.1, 0.15) is 0 Å². The predicted octanol–water partition coefficient (Wildman–Crippen LogP) is 2.02. The lowest BCUT2D eigenvalue weighted by molar-refractivity contribution is -0.137. The Morgan fingerprint density at radius 3 is 2.57 bits per heavy atom. The average molecular weight is 317 g/mol. The summed E-state index contributed by atoms with van der Waals surface area (Å²) in [5.41, 5.74) is 5.37. The molecule has 0 radical (unpaired) electrons. The SMILES string of the molecule is CCCC(C)(N)C(=O)N1CCC(c2nc(C)no2)CC1.Cl. The van der Waals surface area contributed by atoms with Gasteiger partial charge in [0.05, 0.1) is 5.54 Å². The lowest BCUT2D eigenvalue weighted by atomic mass is 9.92. The second-order valence-corrected chi connectivity index (χ2v) is 5.91. The highest BCUT2D eigenvalue weighted by Gasteiger charge is 2.35. The number of rotatable bonds is 4. The number of nitrogens with two attached hydrogens (primary N) is 1. The first kappa shape index (κ1) is 17.9. The molecule has 0 aliphatic carbocycles. The monoisotopic (exact) mass is 316 g/mol. The molecule has 120 valence electrons. The Morgan fingerprint density at radius 2 is 2.10 bits per heavy atom. The fourth-order valence-electron chi connectivity index (χ4n) is 2.80. The van der Waals surface area contributed by atoms with E-state index in [0.29, 0.717) is 31.2 Å². The van der Waals surface area contributed by atoms with E-state index >= 15 is 0 Å². The number of nitrogens with zero attached hydrogens (tertiary/aromatic N) is 3. The molecule has 0 aromatic carbocycles. The molecule has 0 spiro atoms. The van der Waals surface area contributed by atoms with Gasteiger partial charge in [-0.15, -0.1) is 12.4 Å². The van der Waals surface area contributed by atoms with Crippen LogP contribution in [0.15, 0.2) is 4.52 Å². The van der Waals surface area contributed by atoms with Gasteiger partial charge >= 0.3 is 0 Å². The number of aryl methyl sites for hydroxylation is 1. The highest BCUT2D eigenvalue weighted by atomic mass is 35.5. The van der Waals surface area contributed by atoms with Crippen LogP contribution < -0.4 is 5.73 Å². The molecule has 0 bridgehead atoms. The minimum absolute atomic E-state index is 0. The van der Waals surface area contributed by atoms with Crippen molar-refractivity contribution in [1.29, 1.82) is 0 Å². The summed E-state index contributed by atoms with van der Waals surface area (Å²) in [6, 6.07) is 0. The molecule has 1 aliphatic heterocycles. The van der Waals surface area contributed by atoms with Crippen LogP contribution in [-0.2, 0) is 4.79 Å². The summed E-state index contributed by atoms with van der Waals surface area (Å²) in [5.74, 6) is 1.67. The Balaban J connectivity index is 0.00000220. The van der Waals surface area contributed by atoms with Gasteiger partial charge in [0.25, 0.3) is 0 Å². The Morgan fingerprint density at radius 1 is 1.48 bits per heavy atom. The Labute approximate surface area is 131 Å². The van der Waals surface area contributed by atoms with Gasteiger partial charge in [0.15, 0.2) is 5.82 Å². The third kappa shape index (κ3) is 4.17. The van der Waals surface area contributed by atoms with E-state index in [1.54, 1.807) is 0 Å². The van der Waals surface area contributed by atoms with Gasteiger partial charge in [0.2, 0.25) is 11.8 Å². The van der Waals surface area contributed by atoms with Crippen LogP contribution in [-0.4, -0.2) is 39.6 Å². The highest BCUT2D eigenvalue weighted by Crippen LogP contribution is 2.28. The summed E-state index contributed by atoms with van der Waals surface area (Å²) in [6.45, 7) is 7.11. The number of hydrogen-bond acceptors (Lipinski definition) is 5. The molecule has 1 aromatic rings. The molecule has 21 heavy (non-hydrogen) atoms. The second kappa shape index (κ2) is 7.22. The molecule has 1 aromatic heterocycles. The first-order chi connectivity index (χ1) is 9.44. The van der Waals surface area contributed by atoms with Crippen molar-refractivity contribution < 1.29 is 9.32 Å². The predicted molar refractivity (Wildman–Crippen MR) is 82.3 cm³/mol. The minimum Gasteiger partial charge on any atom is -0.341 e. The molecular formula is C14H25ClN4O2. The number of carbonyl (C=O) groups excluding carboxylic acids is 1. The molecule has 1 amide bonds. The molecule has 6 nitrogen and oxygen atoms in total. The smallest absolute Gasteiger partial charge is 0.242 e. The van der Waals surface area contributed by atoms with E-state index in [1.807, 2.05) is 25.7 Å². The van der Waals surface area contributed by atoms with Crippen LogP contribution in [0, 0.1) is 6.92 Å². The topological polar surface area (TPSA) is 85.3 Å². The molecule has 2 heterocycles. The normalized spacial score (nSPS) is 19.0. The number of aromatic nitrogens is 2. The van der Waals surface area contributed by atoms with Crippen LogP contribution in [0.25, 0.3) is 0 Å². The Kier molecular flexibility index (Phi) is 6.16. The molecule has 1 fully saturated rings. The second-order valence-electron chi connectivity index (χ2n) is 5.91. The van der Waals surface area contributed by atoms with Gasteiger partial charge in [-0.3, -0.25) is 4.79 Å². The zero-order valence-electron chi connectivity index (χ0n) is 13.0. The first-order valence-electron chi connectivity index (χ1n) is 7.32. The molecule has 1 atom stereocenters. The zero-order chi connectivity index (χ0) is 14.8. The van der Waals surface area contributed by atoms with Crippen molar-refractivity contribution in [2.75, 3.05) is 13.1 Å². The van der Waals surface area contributed by atoms with Crippen molar-refractivity contribution >= 4 is 18.3 Å². The van der Waals surface area contributed by atoms with E-state index in [2.05, 4.69) is 10.1 Å². The largest absolute Gasteiger partial charge is 0.341 e. The summed E-state index contributed by atoms with van der Waals surface area (Å²) in [4.78, 5) is 18.6. The van der Waals surface area contributed by atoms with Crippen LogP contribution in [0.5, 0.6) is 0 Å². The maximum Gasteiger partial charge on any atom is 0.242 e. The van der Waals surface area contributed by atoms with Gasteiger partial charge in [-0.2, -0.15) is 4.98 Å². The van der Waals surface area contributed by atoms with E-state index in [4.69, 9.17) is 10.3 Å². The third-order valence-corrected chi connectivity index (χ3v) is 3.93. The number of piperidine rings is 1. The van der Waals surface area contributed by atoms with Crippen molar-refractivity contribution in [3.8, 4) is 0 Å². The maximum absolute atomic E-state index is 12.4. The number of carbonyl (C=O) groups is 1. The standard InChI is InChI=1S/C14H24N4O2.ClH/c1-4-7-14(3,15)13(19)18-8-5-11(6-9-18)12-16-10(2)17-20-12;/h11H,4-9,15H2,1-3H3;1H. The minimum atomic E-state index is -0.747. The fourth-order valence-corrected chi connectivity index (χ4v) is 2.80. The molecule has 7 heteroatoms. The van der Waals surface area contributed by atoms with Gasteiger partial charge in [0, 0.05) is 19.0 Å². The van der Waals surface area contributed by atoms with E-state index in [9.17, 15) is 4.79 Å². The van der Waals surface area contributed by atoms with E-state index < -0.39 is 5.54 Å². The van der Waals surface area contributed by atoms with E-state index in [1.165, 1.54) is 0 Å². The van der Waals surface area contributed by atoms with Crippen LogP contribution in [0.4, 0.5) is 0 Å². The summed E-state index contributed by atoms with van der Waals surface area (Å²) >= 11 is 0. The van der Waals surface area contributed by atoms with Gasteiger partial charge in [-0.05, 0) is 33.1 Å². The molecule has 1 aliphatic rings. The number of hydrogen-bond donors (Lipinski definition) is 1. The molecule has 2 rings (SSSR count). The van der Waals surface area contributed by atoms with Gasteiger partial charge in [-0.25, -0.2) is 0 Å². The van der Waals surface area contributed by atoms with Crippen LogP contribution in [0.2, 0.25) is 0 Å². The maximum atomic E-state index is 12.4. The summed E-state index contributed by atoms with van der Waals surface area (Å²) in [5, 5.41) is 3.82. The number of amides is 1. The van der Waals surface area contributed by atoms with Crippen LogP contribution >= 0.6 is 12.4 Å². The Hall–Kier alpha value is -1.14. The summed E-state index contributed by atoms with van der Waals surface area (Å²) in [6.07, 6.45) is 3.34. The lowest BCUT2D eigenvalue weighted by Crippen LogP contribution is -2.54. The quantitative estimate of drug-likeness (QED) is 0.918. The molecule has 0 saturated carbocycles. The number of halogens is 1. The average Bonchev–Trinajstić information content (AvgIpc) is 2.85. The van der Waals surface area contributed by atoms with Gasteiger partial charge in [-0.1, -0.05) is 18.5 Å². The molecule has 1 saturated heterocycles. The molecule has 2 N–H and O–H groups in total. The fraction of sp³-hybridized carbons (Fsp3) is 0.786. The van der Waals surface area contributed by atoms with Crippen molar-refractivity contribution in [3.63, 3.8) is 0 Å². The molecule has 1 unspecified atom stereocenters. The van der Waals surface area contributed by atoms with Crippen molar-refractivity contribution in [2.45, 2.75) is 57.9 Å². The zero-order valence-corrected chi connectivity index (χ0v) is 13.8. The third-order valence-electron chi connectivity index (χ3n) is 3.93. The first-order valence-corrected chi connectivity index (χ1v) is 7.32.